The van der Waals surface area contributed by atoms with Crippen molar-refractivity contribution in [3.8, 4) is 11.1 Å². The second-order valence-corrected chi connectivity index (χ2v) is 5.93. The molecule has 0 unspecified atom stereocenters. The average molecular weight is 341 g/mol. The van der Waals surface area contributed by atoms with Gasteiger partial charge in [0.05, 0.1) is 11.3 Å². The van der Waals surface area contributed by atoms with Crippen LogP contribution in [0.1, 0.15) is 16.8 Å². The van der Waals surface area contributed by atoms with Gasteiger partial charge in [-0.05, 0) is 44.8 Å². The Kier molecular flexibility index (Phi) is 6.54. The number of carboxylic acids is 1. The zero-order chi connectivity index (χ0) is 18.2. The summed E-state index contributed by atoms with van der Waals surface area (Å²) in [7, 11) is 3.96. The first-order chi connectivity index (χ1) is 12.0. The highest BCUT2D eigenvalue weighted by Gasteiger charge is 2.14. The number of urea groups is 1. The Labute approximate surface area is 147 Å². The van der Waals surface area contributed by atoms with E-state index >= 15 is 0 Å². The van der Waals surface area contributed by atoms with Gasteiger partial charge in [-0.15, -0.1) is 0 Å². The van der Waals surface area contributed by atoms with Gasteiger partial charge in [0.1, 0.15) is 0 Å². The highest BCUT2D eigenvalue weighted by Crippen LogP contribution is 2.30. The number of nitrogens with zero attached hydrogens (tertiary/aromatic N) is 1. The first-order valence-corrected chi connectivity index (χ1v) is 8.10. The van der Waals surface area contributed by atoms with Crippen LogP contribution in [0.5, 0.6) is 0 Å². The molecular weight excluding hydrogens is 318 g/mol. The number of rotatable bonds is 7. The molecule has 25 heavy (non-hydrogen) atoms. The first kappa shape index (κ1) is 18.5. The second kappa shape index (κ2) is 8.84. The van der Waals surface area contributed by atoms with Crippen molar-refractivity contribution in [3.63, 3.8) is 0 Å². The van der Waals surface area contributed by atoms with Crippen LogP contribution in [0.3, 0.4) is 0 Å². The van der Waals surface area contributed by atoms with Crippen LogP contribution in [-0.4, -0.2) is 49.2 Å². The molecule has 2 rings (SSSR count). The SMILES string of the molecule is CN(C)CCCNC(=O)Nc1ccccc1-c1ccccc1C(=O)O. The Hall–Kier alpha value is -2.86. The van der Waals surface area contributed by atoms with E-state index in [4.69, 9.17) is 0 Å². The number of carboxylic acid groups (broad SMARTS) is 1. The summed E-state index contributed by atoms with van der Waals surface area (Å²) in [4.78, 5) is 25.6. The van der Waals surface area contributed by atoms with Crippen molar-refractivity contribution in [3.05, 3.63) is 54.1 Å². The third-order valence-electron chi connectivity index (χ3n) is 3.69. The van der Waals surface area contributed by atoms with Gasteiger partial charge in [-0.3, -0.25) is 0 Å². The smallest absolute Gasteiger partial charge is 0.336 e. The van der Waals surface area contributed by atoms with E-state index in [9.17, 15) is 14.7 Å². The Morgan fingerprint density at radius 1 is 1.00 bits per heavy atom. The lowest BCUT2D eigenvalue weighted by Crippen LogP contribution is -2.31. The molecule has 0 aliphatic carbocycles. The standard InChI is InChI=1S/C19H23N3O3/c1-22(2)13-7-12-20-19(25)21-17-11-6-5-9-15(17)14-8-3-4-10-16(14)18(23)24/h3-6,8-11H,7,12-13H2,1-2H3,(H,23,24)(H2,20,21,25). The molecule has 0 heterocycles. The molecule has 6 heteroatoms. The Morgan fingerprint density at radius 3 is 2.32 bits per heavy atom. The van der Waals surface area contributed by atoms with Crippen LogP contribution in [0.2, 0.25) is 0 Å². The lowest BCUT2D eigenvalue weighted by atomic mass is 9.98. The molecule has 6 nitrogen and oxygen atoms in total. The van der Waals surface area contributed by atoms with Gasteiger partial charge in [-0.1, -0.05) is 36.4 Å². The van der Waals surface area contributed by atoms with Gasteiger partial charge >= 0.3 is 12.0 Å². The van der Waals surface area contributed by atoms with Gasteiger partial charge in [-0.2, -0.15) is 0 Å². The Balaban J connectivity index is 2.14. The minimum atomic E-state index is -1.00. The summed E-state index contributed by atoms with van der Waals surface area (Å²) in [6.45, 7) is 1.46. The molecule has 0 radical (unpaired) electrons. The number of anilines is 1. The molecule has 0 aliphatic rings. The van der Waals surface area contributed by atoms with Crippen LogP contribution < -0.4 is 10.6 Å². The summed E-state index contributed by atoms with van der Waals surface area (Å²) >= 11 is 0. The van der Waals surface area contributed by atoms with E-state index in [0.717, 1.165) is 13.0 Å². The normalized spacial score (nSPS) is 10.5. The fourth-order valence-electron chi connectivity index (χ4n) is 2.50. The maximum absolute atomic E-state index is 12.1. The van der Waals surface area contributed by atoms with Crippen molar-refractivity contribution in [2.75, 3.05) is 32.5 Å². The molecule has 2 amide bonds. The van der Waals surface area contributed by atoms with E-state index in [0.29, 0.717) is 23.4 Å². The average Bonchev–Trinajstić information content (AvgIpc) is 2.59. The largest absolute Gasteiger partial charge is 0.478 e. The number of nitrogens with one attached hydrogen (secondary N) is 2. The molecule has 2 aromatic rings. The van der Waals surface area contributed by atoms with Crippen molar-refractivity contribution in [1.29, 1.82) is 0 Å². The number of carbonyl (C=O) groups excluding carboxylic acids is 1. The lowest BCUT2D eigenvalue weighted by molar-refractivity contribution is 0.0697. The maximum Gasteiger partial charge on any atom is 0.336 e. The van der Waals surface area contributed by atoms with Gasteiger partial charge in [0.25, 0.3) is 0 Å². The van der Waals surface area contributed by atoms with E-state index in [1.54, 1.807) is 42.5 Å². The number of para-hydroxylation sites is 1. The molecule has 0 aliphatic heterocycles. The van der Waals surface area contributed by atoms with Crippen molar-refractivity contribution < 1.29 is 14.7 Å². The number of hydrogen-bond acceptors (Lipinski definition) is 3. The van der Waals surface area contributed by atoms with E-state index < -0.39 is 5.97 Å². The van der Waals surface area contributed by atoms with Crippen LogP contribution >= 0.6 is 0 Å². The molecule has 0 saturated carbocycles. The number of benzene rings is 2. The van der Waals surface area contributed by atoms with Gasteiger partial charge in [0.2, 0.25) is 0 Å². The van der Waals surface area contributed by atoms with Crippen LogP contribution in [0, 0.1) is 0 Å². The minimum Gasteiger partial charge on any atom is -0.478 e. The van der Waals surface area contributed by atoms with Gasteiger partial charge in [0.15, 0.2) is 0 Å². The van der Waals surface area contributed by atoms with E-state index in [2.05, 4.69) is 15.5 Å². The van der Waals surface area contributed by atoms with E-state index in [1.807, 2.05) is 20.2 Å². The van der Waals surface area contributed by atoms with Gasteiger partial charge in [0, 0.05) is 12.1 Å². The third-order valence-corrected chi connectivity index (χ3v) is 3.69. The Morgan fingerprint density at radius 2 is 1.64 bits per heavy atom. The monoisotopic (exact) mass is 341 g/mol. The molecule has 0 fully saturated rings. The topological polar surface area (TPSA) is 81.7 Å². The summed E-state index contributed by atoms with van der Waals surface area (Å²) in [5, 5.41) is 15.0. The van der Waals surface area contributed by atoms with Crippen LogP contribution in [0.15, 0.2) is 48.5 Å². The maximum atomic E-state index is 12.1. The molecule has 0 aromatic heterocycles. The molecule has 0 atom stereocenters. The van der Waals surface area contributed by atoms with Crippen LogP contribution in [-0.2, 0) is 0 Å². The highest BCUT2D eigenvalue weighted by molar-refractivity contribution is 6.00. The van der Waals surface area contributed by atoms with Crippen LogP contribution in [0.4, 0.5) is 10.5 Å². The van der Waals surface area contributed by atoms with Crippen molar-refractivity contribution in [2.45, 2.75) is 6.42 Å². The minimum absolute atomic E-state index is 0.197. The number of aromatic carboxylic acids is 1. The van der Waals surface area contributed by atoms with E-state index in [-0.39, 0.29) is 11.6 Å². The lowest BCUT2D eigenvalue weighted by Gasteiger charge is -2.14. The fourth-order valence-corrected chi connectivity index (χ4v) is 2.50. The first-order valence-electron chi connectivity index (χ1n) is 8.10. The molecule has 0 bridgehead atoms. The molecule has 0 saturated heterocycles. The van der Waals surface area contributed by atoms with E-state index in [1.165, 1.54) is 0 Å². The third kappa shape index (κ3) is 5.32. The zero-order valence-corrected chi connectivity index (χ0v) is 14.5. The van der Waals surface area contributed by atoms with Gasteiger partial charge in [-0.25, -0.2) is 9.59 Å². The second-order valence-electron chi connectivity index (χ2n) is 5.93. The highest BCUT2D eigenvalue weighted by atomic mass is 16.4. The summed E-state index contributed by atoms with van der Waals surface area (Å²) in [6.07, 6.45) is 0.851. The number of carbonyl (C=O) groups is 2. The molecule has 0 spiro atoms. The van der Waals surface area contributed by atoms with Crippen LogP contribution in [0.25, 0.3) is 11.1 Å². The summed E-state index contributed by atoms with van der Waals surface area (Å²) in [5.41, 5.74) is 2.01. The quantitative estimate of drug-likeness (QED) is 0.676. The summed E-state index contributed by atoms with van der Waals surface area (Å²) in [6, 6.07) is 13.6. The summed E-state index contributed by atoms with van der Waals surface area (Å²) < 4.78 is 0. The van der Waals surface area contributed by atoms with Gasteiger partial charge < -0.3 is 20.6 Å². The Bertz CT molecular complexity index is 744. The van der Waals surface area contributed by atoms with Crippen molar-refractivity contribution >= 4 is 17.7 Å². The van der Waals surface area contributed by atoms with Crippen molar-refractivity contribution in [2.24, 2.45) is 0 Å². The predicted octanol–water partition coefficient (Wildman–Crippen LogP) is 3.13. The summed E-state index contributed by atoms with van der Waals surface area (Å²) in [5.74, 6) is -1.00. The predicted molar refractivity (Wildman–Crippen MR) is 99.0 cm³/mol. The molecule has 132 valence electrons. The fraction of sp³-hybridized carbons (Fsp3) is 0.263. The zero-order valence-electron chi connectivity index (χ0n) is 14.5. The van der Waals surface area contributed by atoms with Crippen molar-refractivity contribution in [1.82, 2.24) is 10.2 Å². The number of amides is 2. The molecule has 2 aromatic carbocycles. The number of hydrogen-bond donors (Lipinski definition) is 3. The molecule has 3 N–H and O–H groups in total. The molecular formula is C19H23N3O3.